The van der Waals surface area contributed by atoms with Crippen LogP contribution in [0.5, 0.6) is 0 Å². The maximum atomic E-state index is 5.92. The molecule has 0 fully saturated rings. The third-order valence-corrected chi connectivity index (χ3v) is 5.14. The Balaban J connectivity index is 0.00000156. The molecule has 2 aromatic carbocycles. The van der Waals surface area contributed by atoms with Crippen LogP contribution in [0.15, 0.2) is 53.5 Å². The van der Waals surface area contributed by atoms with Gasteiger partial charge in [0.2, 0.25) is 0 Å². The number of thioether (sulfide) groups is 1. The quantitative estimate of drug-likeness (QED) is 0.693. The summed E-state index contributed by atoms with van der Waals surface area (Å²) in [5.74, 6) is 1.01. The van der Waals surface area contributed by atoms with Gasteiger partial charge in [-0.05, 0) is 48.7 Å². The molecule has 1 unspecified atom stereocenters. The van der Waals surface area contributed by atoms with Crippen LogP contribution in [0.4, 0.5) is 5.69 Å². The van der Waals surface area contributed by atoms with Gasteiger partial charge >= 0.3 is 0 Å². The molecule has 3 rings (SSSR count). The topological polar surface area (TPSA) is 50.4 Å². The molecule has 7 heteroatoms. The Morgan fingerprint density at radius 2 is 1.92 bits per heavy atom. The largest absolute Gasteiger partial charge is 0.381 e. The van der Waals surface area contributed by atoms with Crippen LogP contribution in [0.2, 0.25) is 5.02 Å². The second-order valence-corrected chi connectivity index (χ2v) is 7.43. The van der Waals surface area contributed by atoms with E-state index < -0.39 is 0 Å². The van der Waals surface area contributed by atoms with Crippen molar-refractivity contribution in [1.29, 1.82) is 0 Å². The van der Waals surface area contributed by atoms with Gasteiger partial charge in [0, 0.05) is 23.0 Å². The van der Waals surface area contributed by atoms with Crippen molar-refractivity contribution in [3.8, 4) is 0 Å². The number of nitrogens with two attached hydrogens (primary N) is 1. The fourth-order valence-electron chi connectivity index (χ4n) is 2.67. The van der Waals surface area contributed by atoms with E-state index in [0.29, 0.717) is 5.17 Å². The molecule has 2 aromatic rings. The Hall–Kier alpha value is -1.07. The normalized spacial score (nSPS) is 19.2. The first-order valence-electron chi connectivity index (χ1n) is 7.62. The Morgan fingerprint density at radius 1 is 1.20 bits per heavy atom. The van der Waals surface area contributed by atoms with Gasteiger partial charge in [-0.1, -0.05) is 47.6 Å². The van der Waals surface area contributed by atoms with E-state index in [0.717, 1.165) is 29.4 Å². The number of benzene rings is 2. The van der Waals surface area contributed by atoms with Crippen molar-refractivity contribution in [1.82, 2.24) is 0 Å². The summed E-state index contributed by atoms with van der Waals surface area (Å²) in [4.78, 5) is 4.67. The van der Waals surface area contributed by atoms with Gasteiger partial charge in [0.15, 0.2) is 5.17 Å². The predicted molar refractivity (Wildman–Crippen MR) is 116 cm³/mol. The highest BCUT2D eigenvalue weighted by Gasteiger charge is 2.29. The van der Waals surface area contributed by atoms with E-state index in [-0.39, 0.29) is 30.4 Å². The minimum atomic E-state index is -0.229. The number of rotatable bonds is 4. The molecule has 0 saturated carbocycles. The zero-order chi connectivity index (χ0) is 16.3. The Labute approximate surface area is 170 Å². The summed E-state index contributed by atoms with van der Waals surface area (Å²) >= 11 is 7.55. The van der Waals surface area contributed by atoms with E-state index in [9.17, 15) is 0 Å². The summed E-state index contributed by atoms with van der Waals surface area (Å²) in [6.45, 7) is 2.91. The molecule has 1 aliphatic rings. The van der Waals surface area contributed by atoms with E-state index in [1.807, 2.05) is 24.3 Å². The molecular weight excluding hydrogens is 397 g/mol. The number of nitrogens with one attached hydrogen (secondary N) is 1. The number of anilines is 1. The predicted octanol–water partition coefficient (Wildman–Crippen LogP) is 5.46. The van der Waals surface area contributed by atoms with Crippen molar-refractivity contribution in [2.45, 2.75) is 25.4 Å². The monoisotopic (exact) mass is 417 g/mol. The van der Waals surface area contributed by atoms with Crippen LogP contribution in [0.3, 0.4) is 0 Å². The zero-order valence-corrected chi connectivity index (χ0v) is 17.1. The van der Waals surface area contributed by atoms with Crippen molar-refractivity contribution in [3.63, 3.8) is 0 Å². The van der Waals surface area contributed by atoms with E-state index in [2.05, 4.69) is 41.5 Å². The lowest BCUT2D eigenvalue weighted by Gasteiger charge is -2.30. The lowest BCUT2D eigenvalue weighted by molar-refractivity contribution is 0.482. The van der Waals surface area contributed by atoms with Crippen molar-refractivity contribution in [2.24, 2.45) is 10.7 Å². The standard InChI is InChI=1S/C18H20ClN3S.2ClH/c1-18(9-10-23-17(20)22-18)14-3-2-4-16(11-14)21-12-13-5-7-15(19)8-6-13;;/h2-8,11,21H,9-10,12H2,1H3,(H2,20,22);2*1H. The zero-order valence-electron chi connectivity index (χ0n) is 13.9. The molecule has 1 atom stereocenters. The molecule has 1 heterocycles. The van der Waals surface area contributed by atoms with Crippen LogP contribution >= 0.6 is 48.2 Å². The number of nitrogens with zero attached hydrogens (tertiary/aromatic N) is 1. The van der Waals surface area contributed by atoms with Crippen molar-refractivity contribution < 1.29 is 0 Å². The lowest BCUT2D eigenvalue weighted by Crippen LogP contribution is -2.28. The molecule has 0 radical (unpaired) electrons. The van der Waals surface area contributed by atoms with Crippen LogP contribution in [-0.4, -0.2) is 10.9 Å². The van der Waals surface area contributed by atoms with Crippen LogP contribution in [0.1, 0.15) is 24.5 Å². The average Bonchev–Trinajstić information content (AvgIpc) is 2.54. The van der Waals surface area contributed by atoms with E-state index >= 15 is 0 Å². The van der Waals surface area contributed by atoms with Crippen molar-refractivity contribution in [3.05, 3.63) is 64.7 Å². The summed E-state index contributed by atoms with van der Waals surface area (Å²) in [6, 6.07) is 16.3. The molecule has 0 aromatic heterocycles. The molecule has 3 nitrogen and oxygen atoms in total. The Bertz CT molecular complexity index is 722. The fourth-order valence-corrected chi connectivity index (χ4v) is 3.77. The molecule has 1 aliphatic heterocycles. The lowest BCUT2D eigenvalue weighted by atomic mass is 9.89. The van der Waals surface area contributed by atoms with E-state index in [1.54, 1.807) is 11.8 Å². The second-order valence-electron chi connectivity index (χ2n) is 5.88. The first kappa shape index (κ1) is 22.0. The molecule has 0 amide bonds. The van der Waals surface area contributed by atoms with Crippen LogP contribution in [-0.2, 0) is 12.1 Å². The Morgan fingerprint density at radius 3 is 2.60 bits per heavy atom. The highest BCUT2D eigenvalue weighted by Crippen LogP contribution is 2.35. The highest BCUT2D eigenvalue weighted by atomic mass is 35.5. The van der Waals surface area contributed by atoms with Gasteiger partial charge < -0.3 is 11.1 Å². The first-order valence-corrected chi connectivity index (χ1v) is 8.98. The molecule has 0 saturated heterocycles. The number of hydrogen-bond donors (Lipinski definition) is 2. The van der Waals surface area contributed by atoms with Gasteiger partial charge in [-0.15, -0.1) is 24.8 Å². The molecule has 25 heavy (non-hydrogen) atoms. The molecule has 3 N–H and O–H groups in total. The van der Waals surface area contributed by atoms with Gasteiger partial charge in [-0.25, -0.2) is 0 Å². The number of hydrogen-bond acceptors (Lipinski definition) is 4. The van der Waals surface area contributed by atoms with Gasteiger partial charge in [-0.2, -0.15) is 0 Å². The van der Waals surface area contributed by atoms with Gasteiger partial charge in [0.05, 0.1) is 5.54 Å². The smallest absolute Gasteiger partial charge is 0.154 e. The van der Waals surface area contributed by atoms with Crippen LogP contribution in [0, 0.1) is 0 Å². The van der Waals surface area contributed by atoms with Gasteiger partial charge in [-0.3, -0.25) is 4.99 Å². The van der Waals surface area contributed by atoms with E-state index in [4.69, 9.17) is 17.3 Å². The van der Waals surface area contributed by atoms with Crippen LogP contribution < -0.4 is 11.1 Å². The SMILES string of the molecule is CC1(c2cccc(NCc3ccc(Cl)cc3)c2)CCSC(N)=N1.Cl.Cl. The summed E-state index contributed by atoms with van der Waals surface area (Å²) < 4.78 is 0. The summed E-state index contributed by atoms with van der Waals surface area (Å²) in [5, 5.41) is 4.90. The third kappa shape index (κ3) is 5.71. The molecule has 0 bridgehead atoms. The maximum Gasteiger partial charge on any atom is 0.154 e. The molecular formula is C18H22Cl3N3S. The first-order chi connectivity index (χ1) is 11.0. The summed E-state index contributed by atoms with van der Waals surface area (Å²) in [7, 11) is 0. The average molecular weight is 419 g/mol. The summed E-state index contributed by atoms with van der Waals surface area (Å²) in [5.41, 5.74) is 9.17. The molecule has 136 valence electrons. The molecule has 0 spiro atoms. The van der Waals surface area contributed by atoms with Gasteiger partial charge in [0.25, 0.3) is 0 Å². The fraction of sp³-hybridized carbons (Fsp3) is 0.278. The number of amidine groups is 1. The van der Waals surface area contributed by atoms with Crippen molar-refractivity contribution in [2.75, 3.05) is 11.1 Å². The third-order valence-electron chi connectivity index (χ3n) is 4.09. The van der Waals surface area contributed by atoms with E-state index in [1.165, 1.54) is 11.1 Å². The minimum Gasteiger partial charge on any atom is -0.381 e. The molecule has 0 aliphatic carbocycles. The maximum absolute atomic E-state index is 5.92. The van der Waals surface area contributed by atoms with Gasteiger partial charge in [0.1, 0.15) is 0 Å². The number of halogens is 3. The highest BCUT2D eigenvalue weighted by molar-refractivity contribution is 8.13. The Kier molecular flexibility index (Phi) is 8.42. The second kappa shape index (κ2) is 9.58. The minimum absolute atomic E-state index is 0. The number of aliphatic imine (C=N–C) groups is 1. The van der Waals surface area contributed by atoms with Crippen LogP contribution in [0.25, 0.3) is 0 Å². The van der Waals surface area contributed by atoms with Crippen molar-refractivity contribution >= 4 is 59.0 Å². The summed E-state index contributed by atoms with van der Waals surface area (Å²) in [6.07, 6.45) is 0.999.